The highest BCUT2D eigenvalue weighted by Gasteiger charge is 2.27. The number of carbonyl (C=O) groups is 1. The molecule has 174 valence electrons. The molecule has 0 atom stereocenters. The molecule has 0 unspecified atom stereocenters. The van der Waals surface area contributed by atoms with E-state index in [1.54, 1.807) is 14.2 Å². The number of hydrogen-bond donors (Lipinski definition) is 1. The van der Waals surface area contributed by atoms with Crippen molar-refractivity contribution in [2.24, 2.45) is 0 Å². The van der Waals surface area contributed by atoms with Gasteiger partial charge in [-0.05, 0) is 43.4 Å². The van der Waals surface area contributed by atoms with Crippen molar-refractivity contribution >= 4 is 39.1 Å². The van der Waals surface area contributed by atoms with E-state index in [0.717, 1.165) is 53.8 Å². The van der Waals surface area contributed by atoms with Crippen LogP contribution in [0.4, 0.5) is 16.3 Å². The average molecular weight is 468 g/mol. The van der Waals surface area contributed by atoms with Crippen molar-refractivity contribution in [2.75, 3.05) is 50.6 Å². The topological polar surface area (TPSA) is 79.8 Å². The van der Waals surface area contributed by atoms with Gasteiger partial charge in [0.05, 0.1) is 12.5 Å². The molecule has 5 rings (SSSR count). The number of hydrogen-bond acceptors (Lipinski definition) is 7. The lowest BCUT2D eigenvalue weighted by molar-refractivity contribution is 0.178. The van der Waals surface area contributed by atoms with Crippen molar-refractivity contribution in [1.29, 1.82) is 0 Å². The minimum atomic E-state index is -0.0938. The summed E-state index contributed by atoms with van der Waals surface area (Å²) in [5.41, 5.74) is 2.16. The van der Waals surface area contributed by atoms with Gasteiger partial charge in [-0.1, -0.05) is 6.07 Å². The lowest BCUT2D eigenvalue weighted by atomic mass is 9.97. The minimum Gasteiger partial charge on any atom is -0.497 e. The first kappa shape index (κ1) is 21.9. The molecule has 3 aromatic rings. The van der Waals surface area contributed by atoms with Crippen LogP contribution in [-0.2, 0) is 24.2 Å². The Kier molecular flexibility index (Phi) is 6.32. The Labute approximate surface area is 197 Å². The molecule has 0 spiro atoms. The number of thiophene rings is 1. The summed E-state index contributed by atoms with van der Waals surface area (Å²) in [5, 5.41) is 4.19. The predicted octanol–water partition coefficient (Wildman–Crippen LogP) is 4.08. The zero-order valence-electron chi connectivity index (χ0n) is 19.1. The highest BCUT2D eigenvalue weighted by atomic mass is 32.1. The number of rotatable bonds is 5. The van der Waals surface area contributed by atoms with Gasteiger partial charge < -0.3 is 24.6 Å². The molecular weight excluding hydrogens is 438 g/mol. The van der Waals surface area contributed by atoms with Crippen LogP contribution in [0.2, 0.25) is 0 Å². The number of benzene rings is 1. The molecule has 1 aliphatic heterocycles. The van der Waals surface area contributed by atoms with Gasteiger partial charge in [0.2, 0.25) is 0 Å². The standard InChI is InChI=1S/C24H29N5O3S/c1-31-15-20-26-22(21-18-8-3-4-9-19(18)33-23(21)27-20)28-10-12-29(13-11-28)24(30)25-16-6-5-7-17(14-16)32-2/h5-7,14H,3-4,8-13,15H2,1-2H3,(H,25,30). The fourth-order valence-electron chi connectivity index (χ4n) is 4.63. The second-order valence-corrected chi connectivity index (χ2v) is 9.51. The van der Waals surface area contributed by atoms with Gasteiger partial charge in [0, 0.05) is 49.9 Å². The monoisotopic (exact) mass is 467 g/mol. The van der Waals surface area contributed by atoms with E-state index in [9.17, 15) is 4.79 Å². The molecule has 1 saturated heterocycles. The van der Waals surface area contributed by atoms with E-state index in [1.165, 1.54) is 28.7 Å². The van der Waals surface area contributed by atoms with Crippen LogP contribution in [0.3, 0.4) is 0 Å². The van der Waals surface area contributed by atoms with Gasteiger partial charge in [-0.25, -0.2) is 14.8 Å². The number of anilines is 2. The first-order valence-corrected chi connectivity index (χ1v) is 12.2. The van der Waals surface area contributed by atoms with E-state index in [-0.39, 0.29) is 6.03 Å². The Bertz CT molecular complexity index is 1160. The molecule has 2 aromatic heterocycles. The summed E-state index contributed by atoms with van der Waals surface area (Å²) in [5.74, 6) is 2.44. The first-order valence-electron chi connectivity index (χ1n) is 11.4. The number of aromatic nitrogens is 2. The molecule has 0 radical (unpaired) electrons. The Morgan fingerprint density at radius 1 is 1.12 bits per heavy atom. The van der Waals surface area contributed by atoms with Crippen LogP contribution in [0, 0.1) is 0 Å². The third kappa shape index (κ3) is 4.47. The molecule has 3 heterocycles. The number of carbonyl (C=O) groups excluding carboxylic acids is 1. The molecule has 0 bridgehead atoms. The van der Waals surface area contributed by atoms with Crippen LogP contribution >= 0.6 is 11.3 Å². The van der Waals surface area contributed by atoms with Crippen molar-refractivity contribution < 1.29 is 14.3 Å². The number of ether oxygens (including phenoxy) is 2. The summed E-state index contributed by atoms with van der Waals surface area (Å²) in [6.45, 7) is 3.12. The third-order valence-electron chi connectivity index (χ3n) is 6.30. The maximum absolute atomic E-state index is 12.8. The van der Waals surface area contributed by atoms with Gasteiger partial charge in [-0.2, -0.15) is 0 Å². The molecule has 8 nitrogen and oxygen atoms in total. The summed E-state index contributed by atoms with van der Waals surface area (Å²) in [4.78, 5) is 29.2. The molecular formula is C24H29N5O3S. The van der Waals surface area contributed by atoms with Gasteiger partial charge in [0.1, 0.15) is 23.0 Å². The zero-order chi connectivity index (χ0) is 22.8. The van der Waals surface area contributed by atoms with Crippen molar-refractivity contribution in [3.05, 3.63) is 40.5 Å². The van der Waals surface area contributed by atoms with Gasteiger partial charge >= 0.3 is 6.03 Å². The summed E-state index contributed by atoms with van der Waals surface area (Å²) < 4.78 is 10.6. The summed E-state index contributed by atoms with van der Waals surface area (Å²) in [6, 6.07) is 7.32. The fraction of sp³-hybridized carbons (Fsp3) is 0.458. The van der Waals surface area contributed by atoms with E-state index in [0.29, 0.717) is 19.7 Å². The van der Waals surface area contributed by atoms with E-state index < -0.39 is 0 Å². The molecule has 1 N–H and O–H groups in total. The lowest BCUT2D eigenvalue weighted by Crippen LogP contribution is -2.50. The molecule has 2 aliphatic rings. The van der Waals surface area contributed by atoms with Crippen LogP contribution in [0.5, 0.6) is 5.75 Å². The van der Waals surface area contributed by atoms with Crippen LogP contribution in [0.1, 0.15) is 29.1 Å². The Hall–Kier alpha value is -2.91. The van der Waals surface area contributed by atoms with E-state index in [4.69, 9.17) is 19.4 Å². The summed E-state index contributed by atoms with van der Waals surface area (Å²) in [6.07, 6.45) is 4.69. The maximum atomic E-state index is 12.8. The average Bonchev–Trinajstić information content (AvgIpc) is 3.22. The normalized spacial score (nSPS) is 16.1. The van der Waals surface area contributed by atoms with Gasteiger partial charge in [0.15, 0.2) is 5.82 Å². The zero-order valence-corrected chi connectivity index (χ0v) is 19.9. The quantitative estimate of drug-likeness (QED) is 0.609. The number of urea groups is 1. The molecule has 1 fully saturated rings. The number of fused-ring (bicyclic) bond motifs is 3. The molecule has 1 aromatic carbocycles. The smallest absolute Gasteiger partial charge is 0.321 e. The second-order valence-electron chi connectivity index (χ2n) is 8.42. The largest absolute Gasteiger partial charge is 0.497 e. The highest BCUT2D eigenvalue weighted by Crippen LogP contribution is 2.40. The number of nitrogens with one attached hydrogen (secondary N) is 1. The van der Waals surface area contributed by atoms with Crippen LogP contribution in [0.15, 0.2) is 24.3 Å². The molecule has 0 saturated carbocycles. The van der Waals surface area contributed by atoms with Crippen molar-refractivity contribution in [1.82, 2.24) is 14.9 Å². The molecule has 1 aliphatic carbocycles. The highest BCUT2D eigenvalue weighted by molar-refractivity contribution is 7.19. The van der Waals surface area contributed by atoms with Crippen LogP contribution < -0.4 is 15.0 Å². The second kappa shape index (κ2) is 9.52. The minimum absolute atomic E-state index is 0.0938. The van der Waals surface area contributed by atoms with Gasteiger partial charge in [-0.15, -0.1) is 11.3 Å². The van der Waals surface area contributed by atoms with Gasteiger partial charge in [-0.3, -0.25) is 0 Å². The number of methoxy groups -OCH3 is 2. The number of aryl methyl sites for hydroxylation is 2. The maximum Gasteiger partial charge on any atom is 0.321 e. The summed E-state index contributed by atoms with van der Waals surface area (Å²) >= 11 is 1.81. The Balaban J connectivity index is 1.34. The molecule has 33 heavy (non-hydrogen) atoms. The van der Waals surface area contributed by atoms with Crippen LogP contribution in [0.25, 0.3) is 10.2 Å². The van der Waals surface area contributed by atoms with Crippen molar-refractivity contribution in [3.8, 4) is 5.75 Å². The van der Waals surface area contributed by atoms with E-state index >= 15 is 0 Å². The third-order valence-corrected chi connectivity index (χ3v) is 7.49. The number of piperazine rings is 1. The summed E-state index contributed by atoms with van der Waals surface area (Å²) in [7, 11) is 3.29. The van der Waals surface area contributed by atoms with E-state index in [1.807, 2.05) is 40.5 Å². The first-order chi connectivity index (χ1) is 16.2. The van der Waals surface area contributed by atoms with Crippen LogP contribution in [-0.4, -0.2) is 61.3 Å². The number of amides is 2. The molecule has 2 amide bonds. The Morgan fingerprint density at radius 3 is 2.73 bits per heavy atom. The lowest BCUT2D eigenvalue weighted by Gasteiger charge is -2.36. The predicted molar refractivity (Wildman–Crippen MR) is 131 cm³/mol. The number of nitrogens with zero attached hydrogens (tertiary/aromatic N) is 4. The Morgan fingerprint density at radius 2 is 1.94 bits per heavy atom. The fourth-order valence-corrected chi connectivity index (χ4v) is 5.90. The molecule has 9 heteroatoms. The SMILES string of the molecule is COCc1nc(N2CCN(C(=O)Nc3cccc(OC)c3)CC2)c2c3c(sc2n1)CCCC3. The van der Waals surface area contributed by atoms with E-state index in [2.05, 4.69) is 10.2 Å². The van der Waals surface area contributed by atoms with Crippen molar-refractivity contribution in [2.45, 2.75) is 32.3 Å². The van der Waals surface area contributed by atoms with Crippen molar-refractivity contribution in [3.63, 3.8) is 0 Å². The van der Waals surface area contributed by atoms with Gasteiger partial charge in [0.25, 0.3) is 0 Å².